The van der Waals surface area contributed by atoms with Crippen molar-refractivity contribution in [1.82, 2.24) is 5.32 Å². The molecule has 4 heteroatoms. The molecule has 0 heterocycles. The number of hydrogen-bond acceptors (Lipinski definition) is 1. The molecule has 0 aromatic heterocycles. The molecule has 0 aliphatic rings. The summed E-state index contributed by atoms with van der Waals surface area (Å²) in [6.45, 7) is 4.06. The Labute approximate surface area is 140 Å². The summed E-state index contributed by atoms with van der Waals surface area (Å²) in [6, 6.07) is 13.6. The van der Waals surface area contributed by atoms with Crippen molar-refractivity contribution in [3.63, 3.8) is 0 Å². The van der Waals surface area contributed by atoms with Gasteiger partial charge in [0.25, 0.3) is 0 Å². The first-order chi connectivity index (χ1) is 10.5. The predicted molar refractivity (Wildman–Crippen MR) is 94.2 cm³/mol. The number of carbonyl (C=O) groups is 1. The highest BCUT2D eigenvalue weighted by Gasteiger charge is 2.04. The fraction of sp³-hybridized carbons (Fsp3) is 0.167. The van der Waals surface area contributed by atoms with Crippen molar-refractivity contribution in [2.24, 2.45) is 0 Å². The van der Waals surface area contributed by atoms with E-state index < -0.39 is 0 Å². The van der Waals surface area contributed by atoms with E-state index in [2.05, 4.69) is 5.32 Å². The van der Waals surface area contributed by atoms with E-state index in [1.54, 1.807) is 6.07 Å². The first kappa shape index (κ1) is 16.6. The topological polar surface area (TPSA) is 29.1 Å². The van der Waals surface area contributed by atoms with Crippen LogP contribution in [0, 0.1) is 0 Å². The van der Waals surface area contributed by atoms with Crippen LogP contribution in [0.25, 0.3) is 16.7 Å². The normalized spacial score (nSPS) is 11.4. The molecule has 0 radical (unpaired) electrons. The summed E-state index contributed by atoms with van der Waals surface area (Å²) in [5.41, 5.74) is 4.22. The number of benzene rings is 2. The molecule has 0 saturated carbocycles. The molecule has 1 N–H and O–H groups in total. The smallest absolute Gasteiger partial charge is 0.217 e. The van der Waals surface area contributed by atoms with Gasteiger partial charge in [-0.3, -0.25) is 4.79 Å². The zero-order chi connectivity index (χ0) is 16.1. The second-order valence-electron chi connectivity index (χ2n) is 5.03. The lowest BCUT2D eigenvalue weighted by atomic mass is 10.0. The van der Waals surface area contributed by atoms with Crippen LogP contribution in [0.15, 0.2) is 48.5 Å². The third kappa shape index (κ3) is 4.36. The monoisotopic (exact) mass is 333 g/mol. The standard InChI is InChI=1S/C18H17Cl2NO/c1-12(9-10-21-13(2)22)14-3-5-15(6-4-14)17-8-7-16(19)11-18(17)20/h3-9,11H,10H2,1-2H3,(H,21,22). The summed E-state index contributed by atoms with van der Waals surface area (Å²) in [7, 11) is 0. The van der Waals surface area contributed by atoms with Crippen molar-refractivity contribution in [3.05, 3.63) is 64.1 Å². The average Bonchev–Trinajstić information content (AvgIpc) is 2.47. The minimum atomic E-state index is -0.0308. The van der Waals surface area contributed by atoms with Gasteiger partial charge in [-0.05, 0) is 35.8 Å². The molecule has 2 rings (SSSR count). The van der Waals surface area contributed by atoms with E-state index in [1.165, 1.54) is 6.92 Å². The van der Waals surface area contributed by atoms with Gasteiger partial charge in [-0.1, -0.05) is 59.6 Å². The first-order valence-electron chi connectivity index (χ1n) is 6.94. The molecule has 0 saturated heterocycles. The molecule has 0 atom stereocenters. The van der Waals surface area contributed by atoms with Gasteiger partial charge in [0.05, 0.1) is 0 Å². The summed E-state index contributed by atoms with van der Waals surface area (Å²) >= 11 is 12.1. The maximum Gasteiger partial charge on any atom is 0.217 e. The van der Waals surface area contributed by atoms with Gasteiger partial charge in [0.2, 0.25) is 5.91 Å². The minimum absolute atomic E-state index is 0.0308. The predicted octanol–water partition coefficient (Wildman–Crippen LogP) is 5.20. The summed E-state index contributed by atoms with van der Waals surface area (Å²) < 4.78 is 0. The van der Waals surface area contributed by atoms with Crippen LogP contribution in [-0.4, -0.2) is 12.5 Å². The molecule has 0 spiro atoms. The Morgan fingerprint density at radius 1 is 1.09 bits per heavy atom. The Kier molecular flexibility index (Phi) is 5.64. The molecule has 2 aromatic rings. The zero-order valence-corrected chi connectivity index (χ0v) is 14.0. The lowest BCUT2D eigenvalue weighted by Crippen LogP contribution is -2.19. The highest BCUT2D eigenvalue weighted by molar-refractivity contribution is 6.36. The van der Waals surface area contributed by atoms with Crippen LogP contribution in [0.2, 0.25) is 10.0 Å². The average molecular weight is 334 g/mol. The molecule has 1 amide bonds. The maximum atomic E-state index is 10.9. The second kappa shape index (κ2) is 7.48. The third-order valence-corrected chi connectivity index (χ3v) is 3.89. The van der Waals surface area contributed by atoms with Crippen molar-refractivity contribution < 1.29 is 4.79 Å². The number of carbonyl (C=O) groups excluding carboxylic acids is 1. The number of allylic oxidation sites excluding steroid dienone is 1. The lowest BCUT2D eigenvalue weighted by Gasteiger charge is -2.07. The fourth-order valence-electron chi connectivity index (χ4n) is 2.10. The van der Waals surface area contributed by atoms with Crippen LogP contribution in [0.5, 0.6) is 0 Å². The minimum Gasteiger partial charge on any atom is -0.353 e. The van der Waals surface area contributed by atoms with Gasteiger partial charge in [0, 0.05) is 29.1 Å². The highest BCUT2D eigenvalue weighted by Crippen LogP contribution is 2.31. The number of hydrogen-bond donors (Lipinski definition) is 1. The third-order valence-electron chi connectivity index (χ3n) is 3.34. The van der Waals surface area contributed by atoms with E-state index in [0.717, 1.165) is 22.3 Å². The van der Waals surface area contributed by atoms with Gasteiger partial charge < -0.3 is 5.32 Å². The molecular formula is C18H17Cl2NO. The van der Waals surface area contributed by atoms with Gasteiger partial charge in [0.15, 0.2) is 0 Å². The Hall–Kier alpha value is -1.77. The van der Waals surface area contributed by atoms with Crippen LogP contribution in [0.4, 0.5) is 0 Å². The molecular weight excluding hydrogens is 317 g/mol. The summed E-state index contributed by atoms with van der Waals surface area (Å²) in [4.78, 5) is 10.9. The van der Waals surface area contributed by atoms with E-state index in [0.29, 0.717) is 16.6 Å². The van der Waals surface area contributed by atoms with Crippen molar-refractivity contribution in [2.45, 2.75) is 13.8 Å². The van der Waals surface area contributed by atoms with Gasteiger partial charge in [-0.25, -0.2) is 0 Å². The van der Waals surface area contributed by atoms with Crippen LogP contribution in [-0.2, 0) is 4.79 Å². The van der Waals surface area contributed by atoms with Crippen molar-refractivity contribution >= 4 is 34.7 Å². The largest absolute Gasteiger partial charge is 0.353 e. The molecule has 0 aliphatic carbocycles. The summed E-state index contributed by atoms with van der Waals surface area (Å²) in [5, 5.41) is 4.02. The Morgan fingerprint density at radius 3 is 2.36 bits per heavy atom. The molecule has 0 bridgehead atoms. The Bertz CT molecular complexity index is 706. The molecule has 114 valence electrons. The van der Waals surface area contributed by atoms with Gasteiger partial charge in [-0.15, -0.1) is 0 Å². The van der Waals surface area contributed by atoms with Crippen LogP contribution in [0.1, 0.15) is 19.4 Å². The maximum absolute atomic E-state index is 10.9. The number of rotatable bonds is 4. The zero-order valence-electron chi connectivity index (χ0n) is 12.5. The lowest BCUT2D eigenvalue weighted by molar-refractivity contribution is -0.118. The van der Waals surface area contributed by atoms with Crippen molar-refractivity contribution in [3.8, 4) is 11.1 Å². The van der Waals surface area contributed by atoms with Gasteiger partial charge in [-0.2, -0.15) is 0 Å². The van der Waals surface area contributed by atoms with Gasteiger partial charge in [0.1, 0.15) is 0 Å². The second-order valence-corrected chi connectivity index (χ2v) is 5.87. The SMILES string of the molecule is CC(=O)NCC=C(C)c1ccc(-c2ccc(Cl)cc2Cl)cc1. The Balaban J connectivity index is 2.18. The molecule has 2 nitrogen and oxygen atoms in total. The van der Waals surface area contributed by atoms with Crippen molar-refractivity contribution in [2.75, 3.05) is 6.54 Å². The number of nitrogens with one attached hydrogen (secondary N) is 1. The Morgan fingerprint density at radius 2 is 1.77 bits per heavy atom. The van der Waals surface area contributed by atoms with Crippen LogP contribution < -0.4 is 5.32 Å². The van der Waals surface area contributed by atoms with E-state index in [1.807, 2.05) is 49.4 Å². The fourth-order valence-corrected chi connectivity index (χ4v) is 2.62. The van der Waals surface area contributed by atoms with E-state index in [-0.39, 0.29) is 5.91 Å². The highest BCUT2D eigenvalue weighted by atomic mass is 35.5. The first-order valence-corrected chi connectivity index (χ1v) is 7.70. The molecule has 0 fully saturated rings. The van der Waals surface area contributed by atoms with E-state index in [4.69, 9.17) is 23.2 Å². The van der Waals surface area contributed by atoms with E-state index >= 15 is 0 Å². The number of halogens is 2. The summed E-state index contributed by atoms with van der Waals surface area (Å²) in [5.74, 6) is -0.0308. The van der Waals surface area contributed by atoms with Crippen molar-refractivity contribution in [1.29, 1.82) is 0 Å². The quantitative estimate of drug-likeness (QED) is 0.818. The molecule has 2 aromatic carbocycles. The van der Waals surface area contributed by atoms with E-state index in [9.17, 15) is 4.79 Å². The molecule has 0 unspecified atom stereocenters. The summed E-state index contributed by atoms with van der Waals surface area (Å²) in [6.07, 6.45) is 1.99. The van der Waals surface area contributed by atoms with Crippen LogP contribution in [0.3, 0.4) is 0 Å². The van der Waals surface area contributed by atoms with Crippen LogP contribution >= 0.6 is 23.2 Å². The molecule has 0 aliphatic heterocycles. The van der Waals surface area contributed by atoms with Gasteiger partial charge >= 0.3 is 0 Å². The molecule has 22 heavy (non-hydrogen) atoms. The number of amides is 1.